The average molecular weight is 1600 g/mol. The molecule has 0 unspecified atom stereocenters. The number of fused-ring (bicyclic) bond motifs is 3. The number of ether oxygens (including phenoxy) is 4. The summed E-state index contributed by atoms with van der Waals surface area (Å²) in [5, 5.41) is 6.53. The first-order valence-electron chi connectivity index (χ1n) is 34.7. The van der Waals surface area contributed by atoms with Crippen LogP contribution in [0.4, 0.5) is 29.2 Å². The minimum Gasteiger partial charge on any atom is -0.496 e. The summed E-state index contributed by atoms with van der Waals surface area (Å²) >= 11 is 17.8. The van der Waals surface area contributed by atoms with E-state index in [0.717, 1.165) is 101 Å². The summed E-state index contributed by atoms with van der Waals surface area (Å²) in [4.78, 5) is 39.1. The Morgan fingerprint density at radius 1 is 0.459 bits per heavy atom. The first-order valence-corrected chi connectivity index (χ1v) is 40.1. The Hall–Kier alpha value is -10.5. The molecule has 3 aliphatic heterocycles. The number of halogens is 3. The molecule has 3 saturated heterocycles. The zero-order valence-electron chi connectivity index (χ0n) is 61.2. The zero-order chi connectivity index (χ0) is 77.5. The van der Waals surface area contributed by atoms with Gasteiger partial charge in [0.15, 0.2) is 34.1 Å². The fourth-order valence-corrected chi connectivity index (χ4v) is 17.2. The maximum Gasteiger partial charge on any atom is 0.268 e. The largest absolute Gasteiger partial charge is 0.496 e. The van der Waals surface area contributed by atoms with E-state index in [0.29, 0.717) is 74.1 Å². The van der Waals surface area contributed by atoms with Gasteiger partial charge in [0, 0.05) is 63.0 Å². The van der Waals surface area contributed by atoms with Gasteiger partial charge in [0.2, 0.25) is 22.3 Å². The first kappa shape index (κ1) is 78.1. The molecule has 0 amide bonds. The van der Waals surface area contributed by atoms with E-state index in [4.69, 9.17) is 64.5 Å². The van der Waals surface area contributed by atoms with Crippen LogP contribution in [0.2, 0.25) is 15.7 Å². The van der Waals surface area contributed by atoms with Crippen LogP contribution in [0.25, 0.3) is 44.5 Å². The number of hydrogen-bond donors (Lipinski definition) is 3. The molecule has 16 rings (SSSR count). The van der Waals surface area contributed by atoms with Crippen LogP contribution < -0.4 is 45.1 Å². The number of methoxy groups -OCH3 is 4. The summed E-state index contributed by atoms with van der Waals surface area (Å²) < 4.78 is 108. The number of nitrogens with two attached hydrogens (primary N) is 1. The summed E-state index contributed by atoms with van der Waals surface area (Å²) in [6.45, 7) is 15.6. The predicted molar refractivity (Wildman–Crippen MR) is 424 cm³/mol. The van der Waals surface area contributed by atoms with E-state index in [1.54, 1.807) is 143 Å². The van der Waals surface area contributed by atoms with Crippen LogP contribution in [0.1, 0.15) is 66.3 Å². The van der Waals surface area contributed by atoms with E-state index in [2.05, 4.69) is 61.4 Å². The lowest BCUT2D eigenvalue weighted by molar-refractivity contribution is 0.324. The van der Waals surface area contributed by atoms with Gasteiger partial charge in [-0.1, -0.05) is 64.7 Å². The number of benzene rings is 5. The minimum atomic E-state index is -3.84. The van der Waals surface area contributed by atoms with Crippen LogP contribution in [-0.2, 0) is 30.1 Å². The van der Waals surface area contributed by atoms with Gasteiger partial charge in [0.1, 0.15) is 40.8 Å². The molecular formula is C75H81Cl3N18O10S3. The fourth-order valence-electron chi connectivity index (χ4n) is 12.5. The molecule has 0 saturated carbocycles. The molecule has 0 spiro atoms. The van der Waals surface area contributed by atoms with Crippen molar-refractivity contribution in [2.75, 3.05) is 88.6 Å². The van der Waals surface area contributed by atoms with E-state index in [9.17, 15) is 25.3 Å². The summed E-state index contributed by atoms with van der Waals surface area (Å²) in [5.74, 6) is 5.06. The lowest BCUT2D eigenvalue weighted by Gasteiger charge is -2.20. The molecule has 0 bridgehead atoms. The van der Waals surface area contributed by atoms with E-state index in [-0.39, 0.29) is 35.9 Å². The Kier molecular flexibility index (Phi) is 24.0. The number of nitrogen functional groups attached to an aromatic ring is 1. The number of nitrogens with zero attached hydrogens (tertiary/aromatic N) is 15. The molecule has 28 nitrogen and oxygen atoms in total. The lowest BCUT2D eigenvalue weighted by Crippen LogP contribution is -2.22. The van der Waals surface area contributed by atoms with Gasteiger partial charge in [-0.3, -0.25) is 0 Å². The number of aromatic nitrogens is 13. The smallest absolute Gasteiger partial charge is 0.268 e. The van der Waals surface area contributed by atoms with E-state index < -0.39 is 30.1 Å². The molecule has 570 valence electrons. The molecule has 4 N–H and O–H groups in total. The number of hydrogen-bond acceptors (Lipinski definition) is 23. The molecule has 0 atom stereocenters. The molecule has 5 aromatic carbocycles. The SMILES string of the molecule is C1CCNC1.COc1cc(-n2cnc(N)c2)cc(OC)c1OC.COc1cc(-n2cnc(Nc3nc(N4CCCC4)c4c(ccn4S(=O)(=O)c4ccc(C)cc4)n3)c2)cc(C)c1C.Cc1ccc(S(=O)(=O)n2ccc3nc(Cl)nc(Cl)c32)cc1.Cc1ccc(S(=O)(=O)n2ccc3nc(Cl)nc(N4CCCC4)c32)cc1. The number of rotatable bonds is 16. The normalized spacial score (nSPS) is 13.6. The molecule has 0 aliphatic carbocycles. The van der Waals surface area contributed by atoms with Crippen molar-refractivity contribution in [1.82, 2.24) is 66.2 Å². The molecule has 0 radical (unpaired) electrons. The lowest BCUT2D eigenvalue weighted by atomic mass is 10.1. The number of imidazole rings is 2. The highest BCUT2D eigenvalue weighted by Gasteiger charge is 2.30. The molecule has 13 aromatic rings. The average Bonchev–Trinajstić information content (AvgIpc) is 1.63. The third-order valence-electron chi connectivity index (χ3n) is 18.4. The maximum absolute atomic E-state index is 13.6. The predicted octanol–water partition coefficient (Wildman–Crippen LogP) is 13.5. The van der Waals surface area contributed by atoms with Crippen molar-refractivity contribution in [3.8, 4) is 34.4 Å². The molecule has 11 heterocycles. The highest BCUT2D eigenvalue weighted by atomic mass is 35.5. The second-order valence-electron chi connectivity index (χ2n) is 25.8. The third kappa shape index (κ3) is 17.2. The monoisotopic (exact) mass is 1590 g/mol. The second-order valence-corrected chi connectivity index (χ2v) is 32.3. The first-order chi connectivity index (χ1) is 52.3. The van der Waals surface area contributed by atoms with Crippen molar-refractivity contribution in [2.24, 2.45) is 0 Å². The van der Waals surface area contributed by atoms with Gasteiger partial charge in [0.25, 0.3) is 30.1 Å². The maximum atomic E-state index is 13.6. The Labute approximate surface area is 646 Å². The Bertz CT molecular complexity index is 5750. The molecule has 3 aliphatic rings. The van der Waals surface area contributed by atoms with Crippen molar-refractivity contribution in [3.63, 3.8) is 0 Å². The Morgan fingerprint density at radius 2 is 0.872 bits per heavy atom. The third-order valence-corrected chi connectivity index (χ3v) is 24.0. The second kappa shape index (κ2) is 33.5. The van der Waals surface area contributed by atoms with Gasteiger partial charge in [-0.05, 0) is 181 Å². The molecular weight excluding hydrogens is 1520 g/mol. The van der Waals surface area contributed by atoms with Crippen LogP contribution in [0.5, 0.6) is 23.0 Å². The van der Waals surface area contributed by atoms with Gasteiger partial charge >= 0.3 is 0 Å². The zero-order valence-corrected chi connectivity index (χ0v) is 65.9. The molecule has 8 aromatic heterocycles. The standard InChI is InChI=1S/C29H31N7O3S.C17H17ClN4O2S.C13H9Cl2N3O2S.C12H15N3O3.C4H9N/c1-19-7-9-23(10-8-19)40(37,38)36-14-11-24-27(36)28(34-12-5-6-13-34)33-29(31-24)32-26-17-35(18-30-26)22-15-20(2)21(3)25(16-22)39-4;1-12-4-6-13(7-5-12)25(23,24)22-11-8-14-15(22)16(20-17(18)19-14)21-9-2-3-10-21;1-8-2-4-9(5-3-8)21(19,20)18-7-6-10-11(18)12(14)17-13(15)16-10;1-16-9-4-8(15-6-11(13)14-7-15)5-10(17-2)12(9)18-3;1-2-4-5-3-1/h7-11,14-18H,5-6,12-13H2,1-4H3,(H,31,32,33);4-8,11H,2-3,9-10H2,1H3;2-7H,1H3;4-7H,13H2,1-3H3;5H,1-4H2. The summed E-state index contributed by atoms with van der Waals surface area (Å²) in [6, 6.07) is 32.8. The van der Waals surface area contributed by atoms with Gasteiger partial charge < -0.3 is 54.2 Å². The van der Waals surface area contributed by atoms with Gasteiger partial charge in [0.05, 0.1) is 83.4 Å². The van der Waals surface area contributed by atoms with Crippen molar-refractivity contribution in [3.05, 3.63) is 202 Å². The van der Waals surface area contributed by atoms with E-state index in [1.807, 2.05) is 63.6 Å². The van der Waals surface area contributed by atoms with Gasteiger partial charge in [-0.15, -0.1) is 0 Å². The number of aryl methyl sites for hydroxylation is 4. The summed E-state index contributed by atoms with van der Waals surface area (Å²) in [7, 11) is -4.97. The highest BCUT2D eigenvalue weighted by molar-refractivity contribution is 7.90. The van der Waals surface area contributed by atoms with Gasteiger partial charge in [-0.2, -0.15) is 9.97 Å². The topological polar surface area (TPSA) is 324 Å². The minimum absolute atomic E-state index is 0.00862. The van der Waals surface area contributed by atoms with Crippen LogP contribution in [0.15, 0.2) is 174 Å². The summed E-state index contributed by atoms with van der Waals surface area (Å²) in [6.07, 6.45) is 18.3. The molecule has 3 fully saturated rings. The van der Waals surface area contributed by atoms with Crippen molar-refractivity contribution in [1.29, 1.82) is 0 Å². The van der Waals surface area contributed by atoms with E-state index in [1.165, 1.54) is 52.3 Å². The van der Waals surface area contributed by atoms with Crippen molar-refractivity contribution >= 4 is 127 Å². The quantitative estimate of drug-likeness (QED) is 0.0597. The van der Waals surface area contributed by atoms with Crippen LogP contribution in [0, 0.1) is 34.6 Å². The van der Waals surface area contributed by atoms with Crippen LogP contribution >= 0.6 is 34.8 Å². The van der Waals surface area contributed by atoms with Crippen LogP contribution in [0.3, 0.4) is 0 Å². The highest BCUT2D eigenvalue weighted by Crippen LogP contribution is 2.40. The van der Waals surface area contributed by atoms with Crippen molar-refractivity contribution < 1.29 is 44.2 Å². The molecule has 34 heteroatoms. The fraction of sp³-hybridized carbons (Fsp3) is 0.280. The summed E-state index contributed by atoms with van der Waals surface area (Å²) in [5.41, 5.74) is 15.1. The Balaban J connectivity index is 0.000000139. The van der Waals surface area contributed by atoms with Gasteiger partial charge in [-0.25, -0.2) is 67.1 Å². The van der Waals surface area contributed by atoms with E-state index >= 15 is 0 Å². The van der Waals surface area contributed by atoms with Crippen molar-refractivity contribution in [2.45, 2.75) is 87.8 Å². The molecule has 109 heavy (non-hydrogen) atoms. The number of nitrogens with one attached hydrogen (secondary N) is 2. The Morgan fingerprint density at radius 3 is 1.31 bits per heavy atom. The number of anilines is 5. The van der Waals surface area contributed by atoms with Crippen LogP contribution in [-0.4, -0.2) is 154 Å².